The van der Waals surface area contributed by atoms with Crippen molar-refractivity contribution in [2.75, 3.05) is 7.11 Å². The van der Waals surface area contributed by atoms with E-state index in [2.05, 4.69) is 12.2 Å². The molecule has 0 spiro atoms. The first-order chi connectivity index (χ1) is 14.6. The first-order valence-electron chi connectivity index (χ1n) is 10.4. The first-order valence-corrected chi connectivity index (χ1v) is 10.4. The number of nitriles is 1. The van der Waals surface area contributed by atoms with E-state index >= 15 is 0 Å². The summed E-state index contributed by atoms with van der Waals surface area (Å²) in [5.74, 6) is 1.28. The maximum atomic E-state index is 12.6. The summed E-state index contributed by atoms with van der Waals surface area (Å²) < 4.78 is 11.3. The van der Waals surface area contributed by atoms with Gasteiger partial charge in [0.05, 0.1) is 7.11 Å². The summed E-state index contributed by atoms with van der Waals surface area (Å²) in [5.41, 5.74) is 1.86. The average Bonchev–Trinajstić information content (AvgIpc) is 2.78. The fourth-order valence-electron chi connectivity index (χ4n) is 3.72. The van der Waals surface area contributed by atoms with Gasteiger partial charge in [-0.3, -0.25) is 4.79 Å². The lowest BCUT2D eigenvalue weighted by molar-refractivity contribution is -0.118. The van der Waals surface area contributed by atoms with Crippen LogP contribution in [0.15, 0.2) is 54.1 Å². The number of ether oxygens (including phenoxy) is 2. The van der Waals surface area contributed by atoms with Crippen molar-refractivity contribution in [3.8, 4) is 17.6 Å². The van der Waals surface area contributed by atoms with E-state index in [4.69, 9.17) is 9.47 Å². The summed E-state index contributed by atoms with van der Waals surface area (Å²) in [6, 6.07) is 17.4. The van der Waals surface area contributed by atoms with Crippen LogP contribution in [0.3, 0.4) is 0 Å². The summed E-state index contributed by atoms with van der Waals surface area (Å²) >= 11 is 0. The highest BCUT2D eigenvalue weighted by atomic mass is 16.5. The van der Waals surface area contributed by atoms with E-state index in [-0.39, 0.29) is 17.5 Å². The summed E-state index contributed by atoms with van der Waals surface area (Å²) in [5, 5.41) is 12.5. The van der Waals surface area contributed by atoms with Crippen LogP contribution in [0.25, 0.3) is 6.08 Å². The van der Waals surface area contributed by atoms with Gasteiger partial charge in [0.15, 0.2) is 11.5 Å². The van der Waals surface area contributed by atoms with Crippen molar-refractivity contribution in [1.29, 1.82) is 5.26 Å². The van der Waals surface area contributed by atoms with Crippen molar-refractivity contribution in [1.82, 2.24) is 5.32 Å². The number of rotatable bonds is 7. The van der Waals surface area contributed by atoms with Crippen molar-refractivity contribution < 1.29 is 14.3 Å². The van der Waals surface area contributed by atoms with Gasteiger partial charge in [0.2, 0.25) is 0 Å². The average molecular weight is 405 g/mol. The Bertz CT molecular complexity index is 931. The summed E-state index contributed by atoms with van der Waals surface area (Å²) in [7, 11) is 1.57. The Labute approximate surface area is 178 Å². The lowest BCUT2D eigenvalue weighted by atomic mass is 9.86. The third-order valence-electron chi connectivity index (χ3n) is 5.53. The molecule has 1 fully saturated rings. The quantitative estimate of drug-likeness (QED) is 0.528. The minimum Gasteiger partial charge on any atom is -0.493 e. The van der Waals surface area contributed by atoms with Crippen LogP contribution in [-0.2, 0) is 11.4 Å². The molecule has 1 N–H and O–H groups in total. The monoisotopic (exact) mass is 404 g/mol. The molecule has 2 aromatic carbocycles. The lowest BCUT2D eigenvalue weighted by Crippen LogP contribution is -2.41. The molecule has 0 bridgehead atoms. The minimum absolute atomic E-state index is 0.0905. The number of hydrogen-bond donors (Lipinski definition) is 1. The van der Waals surface area contributed by atoms with Crippen molar-refractivity contribution >= 4 is 12.0 Å². The van der Waals surface area contributed by atoms with Crippen LogP contribution < -0.4 is 14.8 Å². The third-order valence-corrected chi connectivity index (χ3v) is 5.53. The van der Waals surface area contributed by atoms with E-state index in [9.17, 15) is 10.1 Å². The van der Waals surface area contributed by atoms with Crippen LogP contribution in [0.5, 0.6) is 11.5 Å². The number of nitrogens with one attached hydrogen (secondary N) is 1. The van der Waals surface area contributed by atoms with E-state index in [0.29, 0.717) is 29.6 Å². The maximum Gasteiger partial charge on any atom is 0.262 e. The van der Waals surface area contributed by atoms with Crippen LogP contribution in [0, 0.1) is 17.2 Å². The summed E-state index contributed by atoms with van der Waals surface area (Å²) in [6.45, 7) is 2.58. The van der Waals surface area contributed by atoms with Crippen molar-refractivity contribution in [2.45, 2.75) is 45.3 Å². The van der Waals surface area contributed by atoms with E-state index in [1.807, 2.05) is 42.5 Å². The van der Waals surface area contributed by atoms with Crippen LogP contribution in [0.1, 0.15) is 43.7 Å². The molecular weight excluding hydrogens is 376 g/mol. The van der Waals surface area contributed by atoms with Crippen LogP contribution in [0.2, 0.25) is 0 Å². The van der Waals surface area contributed by atoms with E-state index < -0.39 is 0 Å². The Kier molecular flexibility index (Phi) is 7.51. The number of methoxy groups -OCH3 is 1. The van der Waals surface area contributed by atoms with Gasteiger partial charge in [-0.2, -0.15) is 5.26 Å². The number of nitrogens with zero attached hydrogens (tertiary/aromatic N) is 1. The molecule has 0 aliphatic heterocycles. The zero-order chi connectivity index (χ0) is 21.3. The zero-order valence-corrected chi connectivity index (χ0v) is 17.6. The molecule has 3 rings (SSSR count). The molecular formula is C25H28N2O3. The van der Waals surface area contributed by atoms with Crippen molar-refractivity contribution in [2.24, 2.45) is 5.92 Å². The van der Waals surface area contributed by atoms with E-state index in [0.717, 1.165) is 24.8 Å². The second-order valence-electron chi connectivity index (χ2n) is 7.70. The molecule has 0 heterocycles. The lowest BCUT2D eigenvalue weighted by Gasteiger charge is -2.29. The van der Waals surface area contributed by atoms with Gasteiger partial charge in [0.25, 0.3) is 5.91 Å². The fourth-order valence-corrected chi connectivity index (χ4v) is 3.72. The molecule has 0 radical (unpaired) electrons. The van der Waals surface area contributed by atoms with Crippen LogP contribution in [-0.4, -0.2) is 19.1 Å². The van der Waals surface area contributed by atoms with Gasteiger partial charge in [-0.25, -0.2) is 0 Å². The highest BCUT2D eigenvalue weighted by Gasteiger charge is 2.24. The molecule has 30 heavy (non-hydrogen) atoms. The topological polar surface area (TPSA) is 71.3 Å². The van der Waals surface area contributed by atoms with Gasteiger partial charge in [0.1, 0.15) is 18.2 Å². The SMILES string of the molecule is COc1cc(/C=C(\C#N)C(=O)N[C@H]2CCCC[C@@H]2C)ccc1OCc1ccccc1. The Morgan fingerprint density at radius 1 is 1.17 bits per heavy atom. The smallest absolute Gasteiger partial charge is 0.262 e. The van der Waals surface area contributed by atoms with Gasteiger partial charge in [-0.15, -0.1) is 0 Å². The van der Waals surface area contributed by atoms with Gasteiger partial charge in [-0.1, -0.05) is 56.2 Å². The van der Waals surface area contributed by atoms with Crippen LogP contribution >= 0.6 is 0 Å². The molecule has 5 heteroatoms. The van der Waals surface area contributed by atoms with Gasteiger partial charge in [-0.05, 0) is 48.1 Å². The van der Waals surface area contributed by atoms with Gasteiger partial charge >= 0.3 is 0 Å². The standard InChI is InChI=1S/C25H28N2O3/c1-18-8-6-7-11-22(18)27-25(28)21(16-26)14-20-12-13-23(24(15-20)29-2)30-17-19-9-4-3-5-10-19/h3-5,9-10,12-15,18,22H,6-8,11,17H2,1-2H3,(H,27,28)/b21-14+/t18-,22-/m0/s1. The molecule has 1 aliphatic carbocycles. The Morgan fingerprint density at radius 2 is 1.93 bits per heavy atom. The second-order valence-corrected chi connectivity index (χ2v) is 7.70. The van der Waals surface area contributed by atoms with E-state index in [1.165, 1.54) is 6.42 Å². The molecule has 1 amide bonds. The summed E-state index contributed by atoms with van der Waals surface area (Å²) in [4.78, 5) is 12.6. The number of amides is 1. The molecule has 1 saturated carbocycles. The molecule has 2 aromatic rings. The third kappa shape index (κ3) is 5.64. The first kappa shape index (κ1) is 21.4. The normalized spacial score (nSPS) is 18.9. The number of hydrogen-bond acceptors (Lipinski definition) is 4. The number of carbonyl (C=O) groups is 1. The predicted molar refractivity (Wildman–Crippen MR) is 117 cm³/mol. The molecule has 1 aliphatic rings. The highest BCUT2D eigenvalue weighted by Crippen LogP contribution is 2.30. The molecule has 5 nitrogen and oxygen atoms in total. The molecule has 0 unspecified atom stereocenters. The van der Waals surface area contributed by atoms with Gasteiger partial charge < -0.3 is 14.8 Å². The zero-order valence-electron chi connectivity index (χ0n) is 17.6. The molecule has 0 aromatic heterocycles. The highest BCUT2D eigenvalue weighted by molar-refractivity contribution is 6.01. The number of carbonyl (C=O) groups excluding carboxylic acids is 1. The maximum absolute atomic E-state index is 12.6. The Morgan fingerprint density at radius 3 is 2.63 bits per heavy atom. The van der Waals surface area contributed by atoms with Gasteiger partial charge in [0, 0.05) is 6.04 Å². The molecule has 0 saturated heterocycles. The molecule has 156 valence electrons. The van der Waals surface area contributed by atoms with Crippen molar-refractivity contribution in [3.05, 3.63) is 65.2 Å². The van der Waals surface area contributed by atoms with Crippen molar-refractivity contribution in [3.63, 3.8) is 0 Å². The minimum atomic E-state index is -0.320. The number of benzene rings is 2. The Hall–Kier alpha value is -3.26. The van der Waals surface area contributed by atoms with E-state index in [1.54, 1.807) is 25.3 Å². The second kappa shape index (κ2) is 10.5. The Balaban J connectivity index is 1.71. The summed E-state index contributed by atoms with van der Waals surface area (Å²) in [6.07, 6.45) is 5.98. The van der Waals surface area contributed by atoms with Crippen LogP contribution in [0.4, 0.5) is 0 Å². The molecule has 2 atom stereocenters. The fraction of sp³-hybridized carbons (Fsp3) is 0.360. The largest absolute Gasteiger partial charge is 0.493 e. The predicted octanol–water partition coefficient (Wildman–Crippen LogP) is 4.88.